The van der Waals surface area contributed by atoms with Crippen LogP contribution in [0.3, 0.4) is 0 Å². The molecule has 0 spiro atoms. The van der Waals surface area contributed by atoms with E-state index in [1.807, 2.05) is 52.8 Å². The second-order valence-corrected chi connectivity index (χ2v) is 8.46. The van der Waals surface area contributed by atoms with Gasteiger partial charge in [-0.3, -0.25) is 0 Å². The predicted octanol–water partition coefficient (Wildman–Crippen LogP) is 4.05. The summed E-state index contributed by atoms with van der Waals surface area (Å²) < 4.78 is 17.6. The monoisotopic (exact) mass is 364 g/mol. The van der Waals surface area contributed by atoms with Gasteiger partial charge in [0.25, 0.3) is 0 Å². The van der Waals surface area contributed by atoms with Crippen LogP contribution < -0.4 is 5.46 Å². The summed E-state index contributed by atoms with van der Waals surface area (Å²) >= 11 is 1.67. The van der Waals surface area contributed by atoms with E-state index in [1.165, 1.54) is 0 Å². The van der Waals surface area contributed by atoms with E-state index < -0.39 is 7.12 Å². The van der Waals surface area contributed by atoms with Crippen LogP contribution in [0, 0.1) is 0 Å². The molecule has 0 saturated carbocycles. The van der Waals surface area contributed by atoms with Crippen molar-refractivity contribution in [1.82, 2.24) is 0 Å². The fourth-order valence-electron chi connectivity index (χ4n) is 2.44. The number of carbonyl (C=O) groups is 1. The maximum absolute atomic E-state index is 12.3. The highest BCUT2D eigenvalue weighted by atomic mass is 32.2. The summed E-state index contributed by atoms with van der Waals surface area (Å²) in [6.07, 6.45) is 1.85. The van der Waals surface area contributed by atoms with Gasteiger partial charge in [-0.2, -0.15) is 0 Å². The van der Waals surface area contributed by atoms with E-state index in [0.29, 0.717) is 12.2 Å². The minimum Gasteiger partial charge on any atom is -0.462 e. The predicted molar refractivity (Wildman–Crippen MR) is 104 cm³/mol. The fraction of sp³-hybridized carbons (Fsp3) is 0.632. The molecular weight excluding hydrogens is 335 g/mol. The Kier molecular flexibility index (Phi) is 6.63. The van der Waals surface area contributed by atoms with E-state index in [2.05, 4.69) is 6.92 Å². The van der Waals surface area contributed by atoms with Gasteiger partial charge in [0.15, 0.2) is 0 Å². The summed E-state index contributed by atoms with van der Waals surface area (Å²) in [7, 11) is -0.424. The zero-order valence-electron chi connectivity index (χ0n) is 16.2. The second-order valence-electron chi connectivity index (χ2n) is 7.33. The van der Waals surface area contributed by atoms with E-state index >= 15 is 0 Å². The molecule has 1 aliphatic heterocycles. The summed E-state index contributed by atoms with van der Waals surface area (Å²) in [6.45, 7) is 12.7. The fourth-order valence-corrected chi connectivity index (χ4v) is 3.39. The van der Waals surface area contributed by atoms with Crippen molar-refractivity contribution >= 4 is 30.3 Å². The van der Waals surface area contributed by atoms with Crippen molar-refractivity contribution in [2.45, 2.75) is 70.5 Å². The van der Waals surface area contributed by atoms with Gasteiger partial charge in [0, 0.05) is 4.90 Å². The molecule has 1 heterocycles. The second kappa shape index (κ2) is 8.15. The number of esters is 1. The highest BCUT2D eigenvalue weighted by molar-refractivity contribution is 7.99. The Labute approximate surface area is 156 Å². The molecule has 0 N–H and O–H groups in total. The molecule has 0 radical (unpaired) electrons. The van der Waals surface area contributed by atoms with E-state index in [0.717, 1.165) is 29.0 Å². The van der Waals surface area contributed by atoms with Gasteiger partial charge in [-0.15, -0.1) is 11.8 Å². The Morgan fingerprint density at radius 3 is 2.32 bits per heavy atom. The third kappa shape index (κ3) is 4.60. The first-order valence-electron chi connectivity index (χ1n) is 9.01. The number of carbonyl (C=O) groups excluding carboxylic acids is 1. The van der Waals surface area contributed by atoms with E-state index in [1.54, 1.807) is 11.8 Å². The molecule has 25 heavy (non-hydrogen) atoms. The smallest absolute Gasteiger partial charge is 0.462 e. The van der Waals surface area contributed by atoms with Crippen LogP contribution in [-0.2, 0) is 14.0 Å². The van der Waals surface area contributed by atoms with Crippen molar-refractivity contribution in [3.05, 3.63) is 23.8 Å². The number of rotatable bonds is 7. The van der Waals surface area contributed by atoms with E-state index in [4.69, 9.17) is 14.0 Å². The normalized spacial score (nSPS) is 18.4. The molecule has 1 aromatic rings. The van der Waals surface area contributed by atoms with Gasteiger partial charge in [0.05, 0.1) is 23.4 Å². The average Bonchev–Trinajstić information content (AvgIpc) is 2.78. The van der Waals surface area contributed by atoms with Crippen LogP contribution in [0.4, 0.5) is 0 Å². The summed E-state index contributed by atoms with van der Waals surface area (Å²) in [4.78, 5) is 13.3. The minimum absolute atomic E-state index is 0.263. The lowest BCUT2D eigenvalue weighted by atomic mass is 9.79. The number of benzene rings is 1. The van der Waals surface area contributed by atoms with Crippen LogP contribution in [0.15, 0.2) is 23.1 Å². The van der Waals surface area contributed by atoms with Crippen LogP contribution in [0.25, 0.3) is 0 Å². The minimum atomic E-state index is -0.424. The first kappa shape index (κ1) is 20.3. The van der Waals surface area contributed by atoms with E-state index in [-0.39, 0.29) is 17.2 Å². The summed E-state index contributed by atoms with van der Waals surface area (Å²) in [5, 5.41) is 0. The van der Waals surface area contributed by atoms with Crippen molar-refractivity contribution in [3.8, 4) is 0 Å². The lowest BCUT2D eigenvalue weighted by molar-refractivity contribution is 0.00578. The first-order valence-corrected chi connectivity index (χ1v) is 10.00. The number of thioether (sulfide) groups is 1. The molecule has 138 valence electrons. The molecule has 1 saturated heterocycles. The molecule has 4 nitrogen and oxygen atoms in total. The van der Waals surface area contributed by atoms with Crippen molar-refractivity contribution in [2.24, 2.45) is 0 Å². The lowest BCUT2D eigenvalue weighted by Crippen LogP contribution is -2.41. The molecule has 0 bridgehead atoms. The van der Waals surface area contributed by atoms with Crippen molar-refractivity contribution in [3.63, 3.8) is 0 Å². The van der Waals surface area contributed by atoms with Crippen LogP contribution in [0.5, 0.6) is 0 Å². The topological polar surface area (TPSA) is 44.8 Å². The van der Waals surface area contributed by atoms with Gasteiger partial charge < -0.3 is 14.0 Å². The highest BCUT2D eigenvalue weighted by Gasteiger charge is 2.51. The SMILES string of the molecule is CCCOC(=O)c1ccc(B2OC(C)(C)C(C)(C)O2)cc1SCCC. The zero-order chi connectivity index (χ0) is 18.7. The Hall–Kier alpha value is -0.975. The Bertz CT molecular complexity index is 599. The number of hydrogen-bond acceptors (Lipinski definition) is 5. The Balaban J connectivity index is 2.28. The van der Waals surface area contributed by atoms with Gasteiger partial charge in [0.1, 0.15) is 0 Å². The molecule has 2 rings (SSSR count). The summed E-state index contributed by atoms with van der Waals surface area (Å²) in [6, 6.07) is 5.74. The quantitative estimate of drug-likeness (QED) is 0.415. The van der Waals surface area contributed by atoms with Crippen molar-refractivity contribution in [1.29, 1.82) is 0 Å². The maximum Gasteiger partial charge on any atom is 0.494 e. The third-order valence-corrected chi connectivity index (χ3v) is 5.91. The van der Waals surface area contributed by atoms with Crippen LogP contribution in [0.2, 0.25) is 0 Å². The van der Waals surface area contributed by atoms with Crippen LogP contribution in [0.1, 0.15) is 64.7 Å². The molecule has 0 aliphatic carbocycles. The van der Waals surface area contributed by atoms with Gasteiger partial charge in [-0.1, -0.05) is 19.9 Å². The van der Waals surface area contributed by atoms with Gasteiger partial charge >= 0.3 is 13.1 Å². The summed E-state index contributed by atoms with van der Waals surface area (Å²) in [5.74, 6) is 0.682. The summed E-state index contributed by atoms with van der Waals surface area (Å²) in [5.41, 5.74) is 0.789. The molecule has 0 amide bonds. The van der Waals surface area contributed by atoms with Gasteiger partial charge in [-0.25, -0.2) is 4.79 Å². The highest BCUT2D eigenvalue weighted by Crippen LogP contribution is 2.37. The van der Waals surface area contributed by atoms with Gasteiger partial charge in [-0.05, 0) is 63.9 Å². The first-order chi connectivity index (χ1) is 11.7. The lowest BCUT2D eigenvalue weighted by Gasteiger charge is -2.32. The van der Waals surface area contributed by atoms with Crippen LogP contribution in [-0.4, -0.2) is 36.6 Å². The zero-order valence-corrected chi connectivity index (χ0v) is 17.0. The Morgan fingerprint density at radius 2 is 1.76 bits per heavy atom. The average molecular weight is 364 g/mol. The molecule has 1 aliphatic rings. The molecular formula is C19H29BO4S. The third-order valence-electron chi connectivity index (χ3n) is 4.65. The maximum atomic E-state index is 12.3. The number of hydrogen-bond donors (Lipinski definition) is 0. The molecule has 1 fully saturated rings. The van der Waals surface area contributed by atoms with Gasteiger partial charge in [0.2, 0.25) is 0 Å². The van der Waals surface area contributed by atoms with Crippen molar-refractivity contribution < 1.29 is 18.8 Å². The van der Waals surface area contributed by atoms with Crippen LogP contribution >= 0.6 is 11.8 Å². The Morgan fingerprint density at radius 1 is 1.12 bits per heavy atom. The molecule has 1 aromatic carbocycles. The molecule has 6 heteroatoms. The van der Waals surface area contributed by atoms with Crippen molar-refractivity contribution in [2.75, 3.05) is 12.4 Å². The van der Waals surface area contributed by atoms with E-state index in [9.17, 15) is 4.79 Å². The standard InChI is InChI=1S/C19H29BO4S/c1-7-11-22-17(21)15-10-9-14(13-16(15)25-12-8-2)20-23-18(3,4)19(5,6)24-20/h9-10,13H,7-8,11-12H2,1-6H3. The molecule has 0 unspecified atom stereocenters. The molecule has 0 aromatic heterocycles. The number of ether oxygens (including phenoxy) is 1. The largest absolute Gasteiger partial charge is 0.494 e. The molecule has 0 atom stereocenters.